The van der Waals surface area contributed by atoms with Gasteiger partial charge in [0.1, 0.15) is 0 Å². The number of nitrogens with one attached hydrogen (secondary N) is 3. The van der Waals surface area contributed by atoms with Crippen LogP contribution in [0.25, 0.3) is 10.9 Å². The predicted molar refractivity (Wildman–Crippen MR) is 118 cm³/mol. The van der Waals surface area contributed by atoms with E-state index >= 15 is 0 Å². The van der Waals surface area contributed by atoms with Crippen molar-refractivity contribution in [3.8, 4) is 0 Å². The van der Waals surface area contributed by atoms with Gasteiger partial charge in [0, 0.05) is 35.4 Å². The number of rotatable bonds is 8. The van der Waals surface area contributed by atoms with Crippen LogP contribution < -0.4 is 10.6 Å². The summed E-state index contributed by atoms with van der Waals surface area (Å²) in [6.45, 7) is 0.597. The van der Waals surface area contributed by atoms with E-state index in [0.29, 0.717) is 29.4 Å². The fourth-order valence-electron chi connectivity index (χ4n) is 3.05. The van der Waals surface area contributed by atoms with Gasteiger partial charge in [-0.3, -0.25) is 14.9 Å². The molecule has 0 atom stereocenters. The van der Waals surface area contributed by atoms with Crippen LogP contribution in [0.2, 0.25) is 0 Å². The summed E-state index contributed by atoms with van der Waals surface area (Å²) in [7, 11) is 0. The molecule has 6 nitrogen and oxygen atoms in total. The molecule has 3 heterocycles. The van der Waals surface area contributed by atoms with Gasteiger partial charge < -0.3 is 10.3 Å². The molecule has 0 aliphatic rings. The number of fused-ring (bicyclic) bond motifs is 1. The third-order valence-corrected chi connectivity index (χ3v) is 6.19. The van der Waals surface area contributed by atoms with Crippen molar-refractivity contribution in [2.45, 2.75) is 19.3 Å². The Kier molecular flexibility index (Phi) is 6.02. The number of para-hydroxylation sites is 1. The minimum atomic E-state index is -0.157. The van der Waals surface area contributed by atoms with Crippen molar-refractivity contribution >= 4 is 50.5 Å². The zero-order chi connectivity index (χ0) is 20.1. The van der Waals surface area contributed by atoms with E-state index in [9.17, 15) is 9.59 Å². The molecule has 1 aromatic carbocycles. The number of aromatic nitrogens is 2. The second-order valence-electron chi connectivity index (χ2n) is 6.53. The molecule has 0 bridgehead atoms. The van der Waals surface area contributed by atoms with Gasteiger partial charge >= 0.3 is 0 Å². The van der Waals surface area contributed by atoms with Crippen LogP contribution in [0.1, 0.15) is 27.3 Å². The summed E-state index contributed by atoms with van der Waals surface area (Å²) in [4.78, 5) is 32.5. The molecule has 0 aliphatic heterocycles. The van der Waals surface area contributed by atoms with Gasteiger partial charge in [0.15, 0.2) is 5.13 Å². The lowest BCUT2D eigenvalue weighted by Gasteiger charge is -2.04. The number of carbonyl (C=O) groups is 2. The Morgan fingerprint density at radius 3 is 2.83 bits per heavy atom. The third-order valence-electron chi connectivity index (χ3n) is 4.52. The van der Waals surface area contributed by atoms with E-state index in [1.54, 1.807) is 6.07 Å². The van der Waals surface area contributed by atoms with Crippen LogP contribution in [0.4, 0.5) is 5.13 Å². The molecule has 2 amide bonds. The fraction of sp³-hybridized carbons (Fsp3) is 0.190. The second-order valence-corrected chi connectivity index (χ2v) is 8.34. The summed E-state index contributed by atoms with van der Waals surface area (Å²) in [5, 5.41) is 11.2. The number of aromatic amines is 1. The molecule has 0 saturated carbocycles. The molecule has 8 heteroatoms. The van der Waals surface area contributed by atoms with E-state index in [1.165, 1.54) is 33.6 Å². The molecule has 4 aromatic rings. The van der Waals surface area contributed by atoms with Crippen molar-refractivity contribution in [3.05, 3.63) is 69.5 Å². The normalized spacial score (nSPS) is 10.9. The maximum atomic E-state index is 12.1. The highest BCUT2D eigenvalue weighted by Crippen LogP contribution is 2.19. The lowest BCUT2D eigenvalue weighted by atomic mass is 10.1. The lowest BCUT2D eigenvalue weighted by Crippen LogP contribution is -2.25. The lowest BCUT2D eigenvalue weighted by molar-refractivity contribution is -0.121. The first-order chi connectivity index (χ1) is 14.2. The van der Waals surface area contributed by atoms with Crippen molar-refractivity contribution in [1.82, 2.24) is 15.3 Å². The number of hydrogen-bond acceptors (Lipinski definition) is 5. The Hall–Kier alpha value is -2.97. The molecular weight excluding hydrogens is 404 g/mol. The number of benzene rings is 1. The number of aryl methyl sites for hydroxylation is 1. The van der Waals surface area contributed by atoms with Gasteiger partial charge in [-0.05, 0) is 35.9 Å². The van der Waals surface area contributed by atoms with Crippen LogP contribution in [-0.4, -0.2) is 28.3 Å². The highest BCUT2D eigenvalue weighted by atomic mass is 32.1. The molecule has 3 N–H and O–H groups in total. The third kappa shape index (κ3) is 4.90. The van der Waals surface area contributed by atoms with E-state index < -0.39 is 0 Å². The molecule has 148 valence electrons. The highest BCUT2D eigenvalue weighted by Gasteiger charge is 2.11. The number of hydrogen-bond donors (Lipinski definition) is 3. The monoisotopic (exact) mass is 424 g/mol. The first kappa shape index (κ1) is 19.4. The molecule has 0 spiro atoms. The summed E-state index contributed by atoms with van der Waals surface area (Å²) in [5.74, 6) is -0.155. The van der Waals surface area contributed by atoms with Crippen LogP contribution in [0, 0.1) is 0 Å². The maximum Gasteiger partial charge on any atom is 0.267 e. The van der Waals surface area contributed by atoms with Gasteiger partial charge in [-0.1, -0.05) is 24.3 Å². The molecule has 0 unspecified atom stereocenters. The van der Waals surface area contributed by atoms with Crippen molar-refractivity contribution in [3.63, 3.8) is 0 Å². The van der Waals surface area contributed by atoms with E-state index in [0.717, 1.165) is 17.6 Å². The molecule has 29 heavy (non-hydrogen) atoms. The van der Waals surface area contributed by atoms with Gasteiger partial charge in [0.25, 0.3) is 5.91 Å². The Bertz CT molecular complexity index is 1110. The molecule has 0 saturated heterocycles. The zero-order valence-electron chi connectivity index (χ0n) is 15.6. The Morgan fingerprint density at radius 2 is 1.97 bits per heavy atom. The average molecular weight is 425 g/mol. The first-order valence-corrected chi connectivity index (χ1v) is 11.1. The van der Waals surface area contributed by atoms with Crippen molar-refractivity contribution in [1.29, 1.82) is 0 Å². The summed E-state index contributed by atoms with van der Waals surface area (Å²) in [5.41, 5.74) is 3.12. The smallest absolute Gasteiger partial charge is 0.267 e. The second kappa shape index (κ2) is 9.02. The zero-order valence-corrected chi connectivity index (χ0v) is 17.2. The number of thiophene rings is 1. The number of H-pyrrole nitrogens is 1. The van der Waals surface area contributed by atoms with Crippen molar-refractivity contribution in [2.24, 2.45) is 0 Å². The summed E-state index contributed by atoms with van der Waals surface area (Å²) < 4.78 is 0. The van der Waals surface area contributed by atoms with E-state index in [2.05, 4.69) is 26.7 Å². The van der Waals surface area contributed by atoms with Gasteiger partial charge in [-0.25, -0.2) is 4.98 Å². The van der Waals surface area contributed by atoms with Gasteiger partial charge in [0.2, 0.25) is 5.91 Å². The van der Waals surface area contributed by atoms with Crippen molar-refractivity contribution < 1.29 is 9.59 Å². The topological polar surface area (TPSA) is 86.9 Å². The molecule has 3 aromatic heterocycles. The standard InChI is InChI=1S/C21H20N4O2S2/c26-19(22-10-9-14-12-23-17-5-2-1-4-16(14)17)8-7-15-13-29-21(24-15)25-20(27)18-6-3-11-28-18/h1-6,11-13,23H,7-10H2,(H,22,26)(H,24,25,27). The predicted octanol–water partition coefficient (Wildman–Crippen LogP) is 4.23. The summed E-state index contributed by atoms with van der Waals surface area (Å²) in [6.07, 6.45) is 3.70. The molecule has 0 radical (unpaired) electrons. The number of anilines is 1. The molecule has 4 rings (SSSR count). The van der Waals surface area contributed by atoms with E-state index in [1.807, 2.05) is 41.2 Å². The molecule has 0 fully saturated rings. The SMILES string of the molecule is O=C(CCc1csc(NC(=O)c2cccs2)n1)NCCc1c[nH]c2ccccc12. The number of nitrogens with zero attached hydrogens (tertiary/aromatic N) is 1. The van der Waals surface area contributed by atoms with Crippen LogP contribution in [0.5, 0.6) is 0 Å². The fourth-order valence-corrected chi connectivity index (χ4v) is 4.41. The van der Waals surface area contributed by atoms with E-state index in [4.69, 9.17) is 0 Å². The maximum absolute atomic E-state index is 12.1. The van der Waals surface area contributed by atoms with Crippen LogP contribution in [-0.2, 0) is 17.6 Å². The largest absolute Gasteiger partial charge is 0.361 e. The van der Waals surface area contributed by atoms with E-state index in [-0.39, 0.29) is 11.8 Å². The number of thiazole rings is 1. The Morgan fingerprint density at radius 1 is 1.07 bits per heavy atom. The van der Waals surface area contributed by atoms with Crippen LogP contribution in [0.3, 0.4) is 0 Å². The Balaban J connectivity index is 1.21. The van der Waals surface area contributed by atoms with Crippen molar-refractivity contribution in [2.75, 3.05) is 11.9 Å². The first-order valence-electron chi connectivity index (χ1n) is 9.30. The van der Waals surface area contributed by atoms with Gasteiger partial charge in [-0.2, -0.15) is 0 Å². The number of carbonyl (C=O) groups excluding carboxylic acids is 2. The van der Waals surface area contributed by atoms with Gasteiger partial charge in [0.05, 0.1) is 10.6 Å². The van der Waals surface area contributed by atoms with Gasteiger partial charge in [-0.15, -0.1) is 22.7 Å². The van der Waals surface area contributed by atoms with Crippen LogP contribution in [0.15, 0.2) is 53.4 Å². The average Bonchev–Trinajstić information content (AvgIpc) is 3.48. The minimum Gasteiger partial charge on any atom is -0.361 e. The Labute approximate surface area is 176 Å². The molecule has 0 aliphatic carbocycles. The summed E-state index contributed by atoms with van der Waals surface area (Å²) in [6, 6.07) is 11.8. The number of amides is 2. The molecular formula is C21H20N4O2S2. The highest BCUT2D eigenvalue weighted by molar-refractivity contribution is 7.14. The summed E-state index contributed by atoms with van der Waals surface area (Å²) >= 11 is 2.76. The minimum absolute atomic E-state index is 0.00186. The quantitative estimate of drug-likeness (QED) is 0.396. The van der Waals surface area contributed by atoms with Crippen LogP contribution >= 0.6 is 22.7 Å².